The largest absolute Gasteiger partial charge is 0.416 e. The molecule has 2 aromatic carbocycles. The monoisotopic (exact) mass is 421 g/mol. The highest BCUT2D eigenvalue weighted by Crippen LogP contribution is 2.42. The van der Waals surface area contributed by atoms with E-state index in [1.165, 1.54) is 23.1 Å². The summed E-state index contributed by atoms with van der Waals surface area (Å²) in [4.78, 5) is 28.3. The standard InChI is InChI=1S/C20H18F3N3O4/c21-20(22,23)13-4-3-5-14(12-13)26-18(28)24-16-7-2-1-6-15(16)19(26,29)17(27)25-8-10-30-11-9-25/h1-7,12,29H,8-11H2,(H,24,28). The smallest absolute Gasteiger partial charge is 0.378 e. The Morgan fingerprint density at radius 3 is 2.50 bits per heavy atom. The zero-order valence-electron chi connectivity index (χ0n) is 15.6. The number of morpholine rings is 1. The summed E-state index contributed by atoms with van der Waals surface area (Å²) in [6.07, 6.45) is -4.66. The summed E-state index contributed by atoms with van der Waals surface area (Å²) in [7, 11) is 0. The number of nitrogens with one attached hydrogen (secondary N) is 1. The first-order valence-electron chi connectivity index (χ1n) is 9.20. The van der Waals surface area contributed by atoms with Crippen molar-refractivity contribution in [2.24, 2.45) is 0 Å². The zero-order valence-corrected chi connectivity index (χ0v) is 15.6. The highest BCUT2D eigenvalue weighted by molar-refractivity contribution is 6.11. The van der Waals surface area contributed by atoms with Crippen molar-refractivity contribution < 1.29 is 32.6 Å². The van der Waals surface area contributed by atoms with E-state index >= 15 is 0 Å². The van der Waals surface area contributed by atoms with E-state index < -0.39 is 29.4 Å². The normalized spacial score (nSPS) is 21.8. The molecule has 0 aromatic heterocycles. The van der Waals surface area contributed by atoms with Gasteiger partial charge in [0.25, 0.3) is 11.6 Å². The zero-order chi connectivity index (χ0) is 21.5. The molecule has 0 spiro atoms. The number of ether oxygens (including phenoxy) is 1. The van der Waals surface area contributed by atoms with Crippen molar-refractivity contribution >= 4 is 23.3 Å². The molecule has 2 aliphatic heterocycles. The van der Waals surface area contributed by atoms with Crippen molar-refractivity contribution in [2.45, 2.75) is 11.9 Å². The Balaban J connectivity index is 1.88. The van der Waals surface area contributed by atoms with Gasteiger partial charge in [-0.3, -0.25) is 9.69 Å². The molecule has 1 atom stereocenters. The fraction of sp³-hybridized carbons (Fsp3) is 0.300. The van der Waals surface area contributed by atoms with E-state index in [9.17, 15) is 27.9 Å². The fourth-order valence-corrected chi connectivity index (χ4v) is 3.66. The van der Waals surface area contributed by atoms with Crippen LogP contribution in [0.25, 0.3) is 0 Å². The van der Waals surface area contributed by atoms with Crippen molar-refractivity contribution in [2.75, 3.05) is 36.5 Å². The second-order valence-electron chi connectivity index (χ2n) is 6.94. The highest BCUT2D eigenvalue weighted by Gasteiger charge is 2.54. The van der Waals surface area contributed by atoms with Gasteiger partial charge in [0.1, 0.15) is 0 Å². The van der Waals surface area contributed by atoms with Crippen LogP contribution in [-0.2, 0) is 21.4 Å². The van der Waals surface area contributed by atoms with Gasteiger partial charge in [-0.25, -0.2) is 4.79 Å². The lowest BCUT2D eigenvalue weighted by Gasteiger charge is -2.45. The molecule has 1 unspecified atom stereocenters. The number of amides is 3. The average molecular weight is 421 g/mol. The minimum absolute atomic E-state index is 0.0681. The van der Waals surface area contributed by atoms with Gasteiger partial charge in [0.15, 0.2) is 0 Å². The molecule has 0 radical (unpaired) electrons. The van der Waals surface area contributed by atoms with E-state index in [-0.39, 0.29) is 43.2 Å². The average Bonchev–Trinajstić information content (AvgIpc) is 2.73. The third-order valence-electron chi connectivity index (χ3n) is 5.10. The Kier molecular flexibility index (Phi) is 4.91. The maximum absolute atomic E-state index is 13.4. The minimum atomic E-state index is -4.66. The third kappa shape index (κ3) is 3.27. The number of aliphatic hydroxyl groups is 1. The summed E-state index contributed by atoms with van der Waals surface area (Å²) in [5, 5.41) is 14.2. The Hall–Kier alpha value is -3.11. The second-order valence-corrected chi connectivity index (χ2v) is 6.94. The number of fused-ring (bicyclic) bond motifs is 1. The Morgan fingerprint density at radius 2 is 1.80 bits per heavy atom. The summed E-state index contributed by atoms with van der Waals surface area (Å²) in [6.45, 7) is 0.862. The molecule has 7 nitrogen and oxygen atoms in total. The van der Waals surface area contributed by atoms with Crippen molar-refractivity contribution in [3.05, 3.63) is 59.7 Å². The number of carbonyl (C=O) groups is 2. The summed E-state index contributed by atoms with van der Waals surface area (Å²) in [5.74, 6) is -0.814. The maximum Gasteiger partial charge on any atom is 0.416 e. The summed E-state index contributed by atoms with van der Waals surface area (Å²) < 4.78 is 45.0. The number of para-hydroxylation sites is 1. The number of hydrogen-bond donors (Lipinski definition) is 2. The Bertz CT molecular complexity index is 991. The molecular formula is C20H18F3N3O4. The number of carbonyl (C=O) groups excluding carboxylic acids is 2. The number of hydrogen-bond acceptors (Lipinski definition) is 4. The van der Waals surface area contributed by atoms with E-state index in [1.54, 1.807) is 12.1 Å². The Morgan fingerprint density at radius 1 is 1.10 bits per heavy atom. The molecule has 0 bridgehead atoms. The van der Waals surface area contributed by atoms with Gasteiger partial charge in [-0.2, -0.15) is 13.2 Å². The van der Waals surface area contributed by atoms with Crippen LogP contribution in [0.15, 0.2) is 48.5 Å². The van der Waals surface area contributed by atoms with Gasteiger partial charge in [-0.15, -0.1) is 0 Å². The van der Waals surface area contributed by atoms with Crippen LogP contribution in [0.5, 0.6) is 0 Å². The van der Waals surface area contributed by atoms with Gasteiger partial charge in [0.05, 0.1) is 24.5 Å². The molecule has 0 aliphatic carbocycles. The second kappa shape index (κ2) is 7.29. The number of nitrogens with zero attached hydrogens (tertiary/aromatic N) is 2. The lowest BCUT2D eigenvalue weighted by molar-refractivity contribution is -0.156. The van der Waals surface area contributed by atoms with Crippen LogP contribution in [-0.4, -0.2) is 48.2 Å². The SMILES string of the molecule is O=C1Nc2ccccc2C(O)(C(=O)N2CCOCC2)N1c1cccc(C(F)(F)F)c1. The molecule has 2 heterocycles. The first-order valence-corrected chi connectivity index (χ1v) is 9.20. The molecule has 158 valence electrons. The predicted octanol–water partition coefficient (Wildman–Crippen LogP) is 2.76. The van der Waals surface area contributed by atoms with Crippen molar-refractivity contribution in [1.82, 2.24) is 4.90 Å². The number of alkyl halides is 3. The first-order chi connectivity index (χ1) is 14.2. The van der Waals surface area contributed by atoms with Crippen molar-refractivity contribution in [3.63, 3.8) is 0 Å². The van der Waals surface area contributed by atoms with Crippen LogP contribution in [0.3, 0.4) is 0 Å². The van der Waals surface area contributed by atoms with Gasteiger partial charge in [0, 0.05) is 24.3 Å². The van der Waals surface area contributed by atoms with Crippen LogP contribution in [0, 0.1) is 0 Å². The van der Waals surface area contributed by atoms with E-state index in [2.05, 4.69) is 5.32 Å². The number of anilines is 2. The Labute approximate surface area is 169 Å². The molecule has 2 N–H and O–H groups in total. The van der Waals surface area contributed by atoms with Gasteiger partial charge in [-0.1, -0.05) is 24.3 Å². The van der Waals surface area contributed by atoms with Gasteiger partial charge < -0.3 is 20.1 Å². The number of urea groups is 1. The van der Waals surface area contributed by atoms with Gasteiger partial charge >= 0.3 is 12.2 Å². The molecule has 2 aromatic rings. The number of benzene rings is 2. The van der Waals surface area contributed by atoms with Crippen LogP contribution < -0.4 is 10.2 Å². The van der Waals surface area contributed by atoms with Gasteiger partial charge in [-0.05, 0) is 24.3 Å². The van der Waals surface area contributed by atoms with E-state index in [0.717, 1.165) is 18.2 Å². The molecule has 1 saturated heterocycles. The molecule has 0 saturated carbocycles. The van der Waals surface area contributed by atoms with Crippen LogP contribution in [0.4, 0.5) is 29.3 Å². The van der Waals surface area contributed by atoms with E-state index in [1.807, 2.05) is 0 Å². The fourth-order valence-electron chi connectivity index (χ4n) is 3.66. The molecule has 1 fully saturated rings. The lowest BCUT2D eigenvalue weighted by Crippen LogP contribution is -2.64. The molecule has 30 heavy (non-hydrogen) atoms. The minimum Gasteiger partial charge on any atom is -0.378 e. The third-order valence-corrected chi connectivity index (χ3v) is 5.10. The molecule has 3 amide bonds. The van der Waals surface area contributed by atoms with E-state index in [4.69, 9.17) is 4.74 Å². The number of halogens is 3. The van der Waals surface area contributed by atoms with Crippen molar-refractivity contribution in [3.8, 4) is 0 Å². The van der Waals surface area contributed by atoms with Crippen molar-refractivity contribution in [1.29, 1.82) is 0 Å². The summed E-state index contributed by atoms with van der Waals surface area (Å²) in [5.41, 5.74) is -3.53. The van der Waals surface area contributed by atoms with E-state index in [0.29, 0.717) is 4.90 Å². The van der Waals surface area contributed by atoms with Crippen LogP contribution in [0.2, 0.25) is 0 Å². The topological polar surface area (TPSA) is 82.1 Å². The molecule has 2 aliphatic rings. The molecule has 4 rings (SSSR count). The highest BCUT2D eigenvalue weighted by atomic mass is 19.4. The quantitative estimate of drug-likeness (QED) is 0.782. The molecule has 10 heteroatoms. The first kappa shape index (κ1) is 20.2. The number of rotatable bonds is 2. The predicted molar refractivity (Wildman–Crippen MR) is 101 cm³/mol. The molecular weight excluding hydrogens is 403 g/mol. The van der Waals surface area contributed by atoms with Crippen LogP contribution in [0.1, 0.15) is 11.1 Å². The summed E-state index contributed by atoms with van der Waals surface area (Å²) in [6, 6.07) is 9.15. The summed E-state index contributed by atoms with van der Waals surface area (Å²) >= 11 is 0. The maximum atomic E-state index is 13.4. The van der Waals surface area contributed by atoms with Gasteiger partial charge in [0.2, 0.25) is 0 Å². The van der Waals surface area contributed by atoms with Crippen LogP contribution >= 0.6 is 0 Å². The lowest BCUT2D eigenvalue weighted by atomic mass is 9.94.